The second-order valence-electron chi connectivity index (χ2n) is 5.72. The van der Waals surface area contributed by atoms with Gasteiger partial charge in [0.05, 0.1) is 0 Å². The zero-order valence-electron chi connectivity index (χ0n) is 12.9. The van der Waals surface area contributed by atoms with E-state index in [0.29, 0.717) is 19.1 Å². The number of anilines is 1. The molecule has 1 heterocycles. The summed E-state index contributed by atoms with van der Waals surface area (Å²) >= 11 is 0. The van der Waals surface area contributed by atoms with E-state index in [1.807, 2.05) is 38.4 Å². The van der Waals surface area contributed by atoms with E-state index in [-0.39, 0.29) is 5.91 Å². The molecule has 21 heavy (non-hydrogen) atoms. The molecule has 1 aromatic rings. The topological polar surface area (TPSA) is 53.6 Å². The van der Waals surface area contributed by atoms with Crippen LogP contribution >= 0.6 is 0 Å². The van der Waals surface area contributed by atoms with Gasteiger partial charge in [-0.05, 0) is 57.7 Å². The molecule has 1 amide bonds. The molecule has 5 nitrogen and oxygen atoms in total. The zero-order chi connectivity index (χ0) is 15.1. The van der Waals surface area contributed by atoms with Gasteiger partial charge in [-0.2, -0.15) is 0 Å². The molecular formula is C16H25N3O2. The smallest absolute Gasteiger partial charge is 0.225 e. The number of carbonyl (C=O) groups excluding carboxylic acids is 1. The highest BCUT2D eigenvalue weighted by atomic mass is 16.5. The lowest BCUT2D eigenvalue weighted by Gasteiger charge is -2.12. The van der Waals surface area contributed by atoms with Gasteiger partial charge in [-0.3, -0.25) is 4.79 Å². The summed E-state index contributed by atoms with van der Waals surface area (Å²) in [5.41, 5.74) is 0.818. The van der Waals surface area contributed by atoms with Crippen molar-refractivity contribution in [1.82, 2.24) is 10.2 Å². The maximum absolute atomic E-state index is 11.9. The molecule has 1 atom stereocenters. The second-order valence-corrected chi connectivity index (χ2v) is 5.72. The molecule has 0 bridgehead atoms. The average Bonchev–Trinajstić information content (AvgIpc) is 2.93. The van der Waals surface area contributed by atoms with E-state index >= 15 is 0 Å². The predicted molar refractivity (Wildman–Crippen MR) is 84.8 cm³/mol. The van der Waals surface area contributed by atoms with Crippen molar-refractivity contribution in [2.75, 3.05) is 39.1 Å². The fraction of sp³-hybridized carbons (Fsp3) is 0.562. The Bertz CT molecular complexity index is 439. The summed E-state index contributed by atoms with van der Waals surface area (Å²) in [7, 11) is 4.03. The third-order valence-electron chi connectivity index (χ3n) is 3.54. The Hall–Kier alpha value is -1.59. The summed E-state index contributed by atoms with van der Waals surface area (Å²) in [5, 5.41) is 6.26. The molecule has 1 aliphatic rings. The van der Waals surface area contributed by atoms with Crippen LogP contribution in [0.5, 0.6) is 5.75 Å². The number of nitrogens with one attached hydrogen (secondary N) is 2. The standard InChI is InChI=1S/C16H25N3O2/c1-19(2)10-11-21-15-7-5-13(6-8-15)18-16(20)12-14-4-3-9-17-14/h5-8,14,17H,3-4,9-12H2,1-2H3,(H,18,20). The van der Waals surface area contributed by atoms with Gasteiger partial charge in [0.15, 0.2) is 0 Å². The SMILES string of the molecule is CN(C)CCOc1ccc(NC(=O)CC2CCCN2)cc1. The Labute approximate surface area is 126 Å². The number of amides is 1. The number of ether oxygens (including phenoxy) is 1. The van der Waals surface area contributed by atoms with Crippen molar-refractivity contribution in [3.63, 3.8) is 0 Å². The summed E-state index contributed by atoms with van der Waals surface area (Å²) in [6.45, 7) is 2.57. The van der Waals surface area contributed by atoms with Crippen molar-refractivity contribution in [3.8, 4) is 5.75 Å². The molecule has 0 spiro atoms. The van der Waals surface area contributed by atoms with E-state index in [0.717, 1.165) is 37.4 Å². The highest BCUT2D eigenvalue weighted by molar-refractivity contribution is 5.91. The number of rotatable bonds is 7. The number of benzene rings is 1. The number of hydrogen-bond acceptors (Lipinski definition) is 4. The van der Waals surface area contributed by atoms with Gasteiger partial charge in [-0.15, -0.1) is 0 Å². The van der Waals surface area contributed by atoms with Crippen molar-refractivity contribution >= 4 is 11.6 Å². The van der Waals surface area contributed by atoms with Crippen LogP contribution in [0, 0.1) is 0 Å². The third-order valence-corrected chi connectivity index (χ3v) is 3.54. The normalized spacial score (nSPS) is 18.0. The van der Waals surface area contributed by atoms with E-state index in [1.54, 1.807) is 0 Å². The molecule has 1 unspecified atom stereocenters. The molecule has 2 rings (SSSR count). The Morgan fingerprint density at radius 1 is 1.38 bits per heavy atom. The Kier molecular flexibility index (Phi) is 6.02. The summed E-state index contributed by atoms with van der Waals surface area (Å²) in [6.07, 6.45) is 2.80. The largest absolute Gasteiger partial charge is 0.492 e. The van der Waals surface area contributed by atoms with Crippen molar-refractivity contribution in [2.24, 2.45) is 0 Å². The summed E-state index contributed by atoms with van der Waals surface area (Å²) < 4.78 is 5.62. The minimum Gasteiger partial charge on any atom is -0.492 e. The first-order chi connectivity index (χ1) is 10.1. The lowest BCUT2D eigenvalue weighted by molar-refractivity contribution is -0.116. The first-order valence-corrected chi connectivity index (χ1v) is 7.54. The first-order valence-electron chi connectivity index (χ1n) is 7.54. The van der Waals surface area contributed by atoms with E-state index < -0.39 is 0 Å². The van der Waals surface area contributed by atoms with Gasteiger partial charge in [0.25, 0.3) is 0 Å². The maximum Gasteiger partial charge on any atom is 0.225 e. The van der Waals surface area contributed by atoms with Crippen molar-refractivity contribution in [3.05, 3.63) is 24.3 Å². The first kappa shape index (κ1) is 15.8. The lowest BCUT2D eigenvalue weighted by atomic mass is 10.1. The van der Waals surface area contributed by atoms with Gasteiger partial charge in [0.2, 0.25) is 5.91 Å². The van der Waals surface area contributed by atoms with E-state index in [2.05, 4.69) is 15.5 Å². The van der Waals surface area contributed by atoms with Gasteiger partial charge in [0.1, 0.15) is 12.4 Å². The molecule has 1 aromatic carbocycles. The Balaban J connectivity index is 1.74. The fourth-order valence-corrected chi connectivity index (χ4v) is 2.35. The molecule has 1 aliphatic heterocycles. The Morgan fingerprint density at radius 3 is 2.76 bits per heavy atom. The molecular weight excluding hydrogens is 266 g/mol. The molecule has 5 heteroatoms. The molecule has 1 fully saturated rings. The number of likely N-dealkylation sites (N-methyl/N-ethyl adjacent to an activating group) is 1. The average molecular weight is 291 g/mol. The summed E-state index contributed by atoms with van der Waals surface area (Å²) in [5.74, 6) is 0.892. The predicted octanol–water partition coefficient (Wildman–Crippen LogP) is 1.71. The van der Waals surface area contributed by atoms with Crippen LogP contribution < -0.4 is 15.4 Å². The van der Waals surface area contributed by atoms with E-state index in [9.17, 15) is 4.79 Å². The number of hydrogen-bond donors (Lipinski definition) is 2. The highest BCUT2D eigenvalue weighted by Gasteiger charge is 2.17. The van der Waals surface area contributed by atoms with Crippen molar-refractivity contribution in [2.45, 2.75) is 25.3 Å². The fourth-order valence-electron chi connectivity index (χ4n) is 2.35. The van der Waals surface area contributed by atoms with Gasteiger partial charge in [-0.25, -0.2) is 0 Å². The molecule has 0 radical (unpaired) electrons. The minimum absolute atomic E-state index is 0.0654. The zero-order valence-corrected chi connectivity index (χ0v) is 12.9. The second kappa shape index (κ2) is 8.00. The minimum atomic E-state index is 0.0654. The number of nitrogens with zero attached hydrogens (tertiary/aromatic N) is 1. The summed E-state index contributed by atoms with van der Waals surface area (Å²) in [4.78, 5) is 14.0. The van der Waals surface area contributed by atoms with Crippen LogP contribution in [0.25, 0.3) is 0 Å². The van der Waals surface area contributed by atoms with Crippen LogP contribution in [0.1, 0.15) is 19.3 Å². The van der Waals surface area contributed by atoms with Crippen LogP contribution in [-0.2, 0) is 4.79 Å². The molecule has 0 saturated carbocycles. The van der Waals surface area contributed by atoms with Crippen LogP contribution in [0.2, 0.25) is 0 Å². The monoisotopic (exact) mass is 291 g/mol. The Morgan fingerprint density at radius 2 is 2.14 bits per heavy atom. The number of carbonyl (C=O) groups is 1. The van der Waals surface area contributed by atoms with Crippen molar-refractivity contribution in [1.29, 1.82) is 0 Å². The molecule has 0 aliphatic carbocycles. The highest BCUT2D eigenvalue weighted by Crippen LogP contribution is 2.16. The molecule has 116 valence electrons. The molecule has 2 N–H and O–H groups in total. The van der Waals surface area contributed by atoms with E-state index in [4.69, 9.17) is 4.74 Å². The maximum atomic E-state index is 11.9. The van der Waals surface area contributed by atoms with Crippen LogP contribution in [0.3, 0.4) is 0 Å². The molecule has 1 saturated heterocycles. The van der Waals surface area contributed by atoms with Crippen molar-refractivity contribution < 1.29 is 9.53 Å². The van der Waals surface area contributed by atoms with Crippen LogP contribution in [0.15, 0.2) is 24.3 Å². The van der Waals surface area contributed by atoms with E-state index in [1.165, 1.54) is 0 Å². The van der Waals surface area contributed by atoms with Crippen LogP contribution in [-0.4, -0.2) is 50.6 Å². The van der Waals surface area contributed by atoms with Gasteiger partial charge in [0, 0.05) is 24.7 Å². The quantitative estimate of drug-likeness (QED) is 0.803. The van der Waals surface area contributed by atoms with Gasteiger partial charge in [-0.1, -0.05) is 0 Å². The molecule has 0 aromatic heterocycles. The lowest BCUT2D eigenvalue weighted by Crippen LogP contribution is -2.27. The van der Waals surface area contributed by atoms with Gasteiger partial charge >= 0.3 is 0 Å². The van der Waals surface area contributed by atoms with Gasteiger partial charge < -0.3 is 20.3 Å². The third kappa shape index (κ3) is 5.73. The summed E-state index contributed by atoms with van der Waals surface area (Å²) in [6, 6.07) is 7.87. The van der Waals surface area contributed by atoms with Crippen LogP contribution in [0.4, 0.5) is 5.69 Å².